The summed E-state index contributed by atoms with van der Waals surface area (Å²) in [6.45, 7) is 5.46. The molecule has 0 aliphatic rings. The second-order valence-electron chi connectivity index (χ2n) is 4.78. The van der Waals surface area contributed by atoms with Crippen molar-refractivity contribution >= 4 is 12.0 Å². The Hall–Kier alpha value is -1.61. The number of benzene rings is 1. The highest BCUT2D eigenvalue weighted by Crippen LogP contribution is 2.06. The maximum atomic E-state index is 11.6. The van der Waals surface area contributed by atoms with Crippen molar-refractivity contribution in [2.45, 2.75) is 26.3 Å². The molecule has 1 amide bonds. The highest BCUT2D eigenvalue weighted by atomic mass is 16.3. The van der Waals surface area contributed by atoms with Crippen LogP contribution >= 0.6 is 0 Å². The summed E-state index contributed by atoms with van der Waals surface area (Å²) in [6, 6.07) is 7.89. The Kier molecular flexibility index (Phi) is 4.46. The first-order chi connectivity index (χ1) is 7.93. The lowest BCUT2D eigenvalue weighted by Crippen LogP contribution is -2.45. The highest BCUT2D eigenvalue weighted by molar-refractivity contribution is 5.92. The average molecular weight is 233 g/mol. The molecule has 0 saturated carbocycles. The Morgan fingerprint density at radius 2 is 2.18 bits per heavy atom. The van der Waals surface area contributed by atoms with E-state index in [2.05, 4.69) is 5.32 Å². The van der Waals surface area contributed by atoms with E-state index in [-0.39, 0.29) is 12.5 Å². The second kappa shape index (κ2) is 5.64. The fourth-order valence-corrected chi connectivity index (χ4v) is 1.36. The fraction of sp³-hybridized carbons (Fsp3) is 0.357. The molecule has 0 fully saturated rings. The van der Waals surface area contributed by atoms with E-state index in [1.807, 2.05) is 31.2 Å². The van der Waals surface area contributed by atoms with Crippen molar-refractivity contribution in [3.8, 4) is 0 Å². The van der Waals surface area contributed by atoms with Crippen molar-refractivity contribution in [1.82, 2.24) is 5.32 Å². The second-order valence-corrected chi connectivity index (χ2v) is 4.78. The molecule has 3 nitrogen and oxygen atoms in total. The van der Waals surface area contributed by atoms with Gasteiger partial charge in [0.25, 0.3) is 0 Å². The number of amides is 1. The quantitative estimate of drug-likeness (QED) is 0.780. The molecule has 0 aliphatic heterocycles. The molecule has 0 unspecified atom stereocenters. The largest absolute Gasteiger partial charge is 0.394 e. The molecular weight excluding hydrogens is 214 g/mol. The molecule has 0 bridgehead atoms. The zero-order valence-corrected chi connectivity index (χ0v) is 10.5. The first-order valence-corrected chi connectivity index (χ1v) is 5.61. The Balaban J connectivity index is 2.63. The zero-order valence-electron chi connectivity index (χ0n) is 10.5. The maximum Gasteiger partial charge on any atom is 0.244 e. The number of rotatable bonds is 4. The lowest BCUT2D eigenvalue weighted by Gasteiger charge is -2.22. The molecule has 2 N–H and O–H groups in total. The van der Waals surface area contributed by atoms with Gasteiger partial charge >= 0.3 is 0 Å². The van der Waals surface area contributed by atoms with E-state index < -0.39 is 5.54 Å². The Labute approximate surface area is 102 Å². The molecule has 1 aromatic rings. The number of hydrogen-bond donors (Lipinski definition) is 2. The van der Waals surface area contributed by atoms with E-state index >= 15 is 0 Å². The van der Waals surface area contributed by atoms with Crippen molar-refractivity contribution in [1.29, 1.82) is 0 Å². The van der Waals surface area contributed by atoms with Gasteiger partial charge in [-0.05, 0) is 32.4 Å². The van der Waals surface area contributed by atoms with E-state index in [0.717, 1.165) is 11.1 Å². The van der Waals surface area contributed by atoms with Gasteiger partial charge in [-0.25, -0.2) is 0 Å². The molecule has 0 aromatic heterocycles. The summed E-state index contributed by atoms with van der Waals surface area (Å²) in [6.07, 6.45) is 3.24. The van der Waals surface area contributed by atoms with Gasteiger partial charge in [-0.15, -0.1) is 0 Å². The van der Waals surface area contributed by atoms with Crippen LogP contribution in [0.15, 0.2) is 30.3 Å². The van der Waals surface area contributed by atoms with Crippen molar-refractivity contribution in [3.63, 3.8) is 0 Å². The van der Waals surface area contributed by atoms with Gasteiger partial charge in [0.1, 0.15) is 0 Å². The molecule has 1 aromatic carbocycles. The summed E-state index contributed by atoms with van der Waals surface area (Å²) in [5.74, 6) is -0.203. The van der Waals surface area contributed by atoms with Crippen LogP contribution in [0.2, 0.25) is 0 Å². The number of carbonyl (C=O) groups excluding carboxylic acids is 1. The van der Waals surface area contributed by atoms with Gasteiger partial charge < -0.3 is 10.4 Å². The van der Waals surface area contributed by atoms with Gasteiger partial charge in [-0.3, -0.25) is 4.79 Å². The number of aryl methyl sites for hydroxylation is 1. The Morgan fingerprint density at radius 3 is 2.76 bits per heavy atom. The minimum Gasteiger partial charge on any atom is -0.394 e. The smallest absolute Gasteiger partial charge is 0.244 e. The summed E-state index contributed by atoms with van der Waals surface area (Å²) in [5, 5.41) is 11.7. The van der Waals surface area contributed by atoms with Crippen molar-refractivity contribution < 1.29 is 9.90 Å². The summed E-state index contributed by atoms with van der Waals surface area (Å²) < 4.78 is 0. The van der Waals surface area contributed by atoms with Crippen LogP contribution < -0.4 is 5.32 Å². The van der Waals surface area contributed by atoms with Crippen LogP contribution in [0.5, 0.6) is 0 Å². The van der Waals surface area contributed by atoms with E-state index in [9.17, 15) is 4.79 Å². The molecule has 3 heteroatoms. The van der Waals surface area contributed by atoms with E-state index in [0.29, 0.717) is 0 Å². The number of nitrogens with one attached hydrogen (secondary N) is 1. The summed E-state index contributed by atoms with van der Waals surface area (Å²) in [4.78, 5) is 11.6. The molecule has 92 valence electrons. The minimum absolute atomic E-state index is 0.0863. The van der Waals surface area contributed by atoms with Gasteiger partial charge in [-0.1, -0.05) is 29.8 Å². The van der Waals surface area contributed by atoms with Gasteiger partial charge in [0.15, 0.2) is 0 Å². The van der Waals surface area contributed by atoms with Crippen molar-refractivity contribution in [3.05, 3.63) is 41.5 Å². The minimum atomic E-state index is -0.589. The van der Waals surface area contributed by atoms with Gasteiger partial charge in [0.2, 0.25) is 5.91 Å². The third-order valence-corrected chi connectivity index (χ3v) is 2.33. The molecule has 17 heavy (non-hydrogen) atoms. The summed E-state index contributed by atoms with van der Waals surface area (Å²) in [5.41, 5.74) is 1.55. The average Bonchev–Trinajstić information content (AvgIpc) is 2.26. The van der Waals surface area contributed by atoms with E-state index in [1.54, 1.807) is 19.9 Å². The lowest BCUT2D eigenvalue weighted by molar-refractivity contribution is -0.118. The lowest BCUT2D eigenvalue weighted by atomic mass is 10.1. The predicted octanol–water partition coefficient (Wildman–Crippen LogP) is 1.90. The molecule has 0 spiro atoms. The standard InChI is InChI=1S/C14H19NO2/c1-11-5-4-6-12(9-11)7-8-13(17)15-14(2,3)10-16/h4-9,16H,10H2,1-3H3,(H,15,17)/b8-7+. The molecule has 0 heterocycles. The summed E-state index contributed by atoms with van der Waals surface area (Å²) in [7, 11) is 0. The number of hydrogen-bond acceptors (Lipinski definition) is 2. The maximum absolute atomic E-state index is 11.6. The van der Waals surface area contributed by atoms with E-state index in [4.69, 9.17) is 5.11 Å². The van der Waals surface area contributed by atoms with Crippen LogP contribution in [-0.2, 0) is 4.79 Å². The molecule has 0 aliphatic carbocycles. The van der Waals surface area contributed by atoms with Crippen LogP contribution in [0.4, 0.5) is 0 Å². The van der Waals surface area contributed by atoms with Crippen LogP contribution in [0.3, 0.4) is 0 Å². The molecular formula is C14H19NO2. The van der Waals surface area contributed by atoms with Crippen molar-refractivity contribution in [2.75, 3.05) is 6.61 Å². The molecule has 0 saturated heterocycles. The zero-order chi connectivity index (χ0) is 12.9. The SMILES string of the molecule is Cc1cccc(/C=C/C(=O)NC(C)(C)CO)c1. The monoisotopic (exact) mass is 233 g/mol. The summed E-state index contributed by atoms with van der Waals surface area (Å²) >= 11 is 0. The Morgan fingerprint density at radius 1 is 1.47 bits per heavy atom. The molecule has 0 radical (unpaired) electrons. The molecule has 1 rings (SSSR count). The van der Waals surface area contributed by atoms with E-state index in [1.165, 1.54) is 6.08 Å². The topological polar surface area (TPSA) is 49.3 Å². The normalized spacial score (nSPS) is 11.8. The first kappa shape index (κ1) is 13.5. The third kappa shape index (κ3) is 4.83. The van der Waals surface area contributed by atoms with Gasteiger partial charge in [0.05, 0.1) is 12.1 Å². The predicted molar refractivity (Wildman–Crippen MR) is 69.5 cm³/mol. The van der Waals surface area contributed by atoms with Crippen LogP contribution in [-0.4, -0.2) is 23.2 Å². The van der Waals surface area contributed by atoms with Gasteiger partial charge in [0, 0.05) is 6.08 Å². The van der Waals surface area contributed by atoms with Crippen LogP contribution in [0, 0.1) is 6.92 Å². The molecule has 0 atom stereocenters. The first-order valence-electron chi connectivity index (χ1n) is 5.61. The van der Waals surface area contributed by atoms with Crippen LogP contribution in [0.25, 0.3) is 6.08 Å². The number of aliphatic hydroxyl groups excluding tert-OH is 1. The van der Waals surface area contributed by atoms with Crippen molar-refractivity contribution in [2.24, 2.45) is 0 Å². The van der Waals surface area contributed by atoms with Crippen LogP contribution in [0.1, 0.15) is 25.0 Å². The van der Waals surface area contributed by atoms with Gasteiger partial charge in [-0.2, -0.15) is 0 Å². The fourth-order valence-electron chi connectivity index (χ4n) is 1.36. The number of aliphatic hydroxyl groups is 1. The third-order valence-electron chi connectivity index (χ3n) is 2.33. The number of carbonyl (C=O) groups is 1. The Bertz CT molecular complexity index is 422. The highest BCUT2D eigenvalue weighted by Gasteiger charge is 2.17.